The van der Waals surface area contributed by atoms with Crippen LogP contribution in [0.4, 0.5) is 0 Å². The summed E-state index contributed by atoms with van der Waals surface area (Å²) in [5.74, 6) is 0.952. The average molecular weight is 316 g/mol. The molecule has 0 N–H and O–H groups in total. The molecule has 0 bridgehead atoms. The molecule has 0 amide bonds. The van der Waals surface area contributed by atoms with Crippen LogP contribution in [0.5, 0.6) is 5.75 Å². The van der Waals surface area contributed by atoms with E-state index in [-0.39, 0.29) is 12.4 Å². The van der Waals surface area contributed by atoms with E-state index in [9.17, 15) is 0 Å². The number of halogens is 1. The third-order valence-corrected chi connectivity index (χ3v) is 3.61. The fourth-order valence-corrected chi connectivity index (χ4v) is 2.40. The maximum atomic E-state index is 5.74. The third kappa shape index (κ3) is 4.01. The molecule has 1 aromatic heterocycles. The SMILES string of the molecule is Cc1ccc(OCCCCn2cnc3ccccc32)cc1.[Cl-]. The van der Waals surface area contributed by atoms with Crippen LogP contribution in [0.1, 0.15) is 18.4 Å². The average Bonchev–Trinajstić information content (AvgIpc) is 2.92. The van der Waals surface area contributed by atoms with Crippen molar-refractivity contribution in [2.24, 2.45) is 0 Å². The molecule has 0 unspecified atom stereocenters. The number of benzene rings is 2. The Morgan fingerprint density at radius 1 is 1.00 bits per heavy atom. The summed E-state index contributed by atoms with van der Waals surface area (Å²) in [6, 6.07) is 16.4. The number of hydrogen-bond acceptors (Lipinski definition) is 2. The van der Waals surface area contributed by atoms with Crippen molar-refractivity contribution in [3.8, 4) is 5.75 Å². The van der Waals surface area contributed by atoms with Crippen molar-refractivity contribution in [2.75, 3.05) is 6.61 Å². The van der Waals surface area contributed by atoms with E-state index in [4.69, 9.17) is 4.74 Å². The van der Waals surface area contributed by atoms with Gasteiger partial charge < -0.3 is 21.7 Å². The number of hydrogen-bond donors (Lipinski definition) is 0. The molecular weight excluding hydrogens is 296 g/mol. The number of para-hydroxylation sites is 2. The fourth-order valence-electron chi connectivity index (χ4n) is 2.40. The van der Waals surface area contributed by atoms with E-state index in [1.165, 1.54) is 11.1 Å². The smallest absolute Gasteiger partial charge is 0.119 e. The Hall–Kier alpha value is -2.00. The Bertz CT molecular complexity index is 706. The lowest BCUT2D eigenvalue weighted by Gasteiger charge is -2.07. The molecule has 0 aliphatic heterocycles. The molecule has 22 heavy (non-hydrogen) atoms. The van der Waals surface area contributed by atoms with Crippen LogP contribution in [0.3, 0.4) is 0 Å². The number of fused-ring (bicyclic) bond motifs is 1. The topological polar surface area (TPSA) is 27.1 Å². The van der Waals surface area contributed by atoms with Gasteiger partial charge in [-0.1, -0.05) is 29.8 Å². The summed E-state index contributed by atoms with van der Waals surface area (Å²) in [5, 5.41) is 0. The predicted molar refractivity (Wildman–Crippen MR) is 85.6 cm³/mol. The minimum Gasteiger partial charge on any atom is -1.00 e. The van der Waals surface area contributed by atoms with Gasteiger partial charge in [-0.15, -0.1) is 0 Å². The number of aromatic nitrogens is 2. The van der Waals surface area contributed by atoms with E-state index < -0.39 is 0 Å². The molecule has 0 aliphatic carbocycles. The van der Waals surface area contributed by atoms with Gasteiger partial charge in [-0.25, -0.2) is 4.98 Å². The molecular formula is C18H20ClN2O-. The normalized spacial score (nSPS) is 10.4. The number of unbranched alkanes of at least 4 members (excludes halogenated alkanes) is 1. The minimum atomic E-state index is 0. The van der Waals surface area contributed by atoms with Crippen molar-refractivity contribution in [1.82, 2.24) is 9.55 Å². The van der Waals surface area contributed by atoms with Crippen LogP contribution >= 0.6 is 0 Å². The molecule has 3 nitrogen and oxygen atoms in total. The second kappa shape index (κ2) is 7.85. The monoisotopic (exact) mass is 315 g/mol. The van der Waals surface area contributed by atoms with Crippen molar-refractivity contribution in [3.63, 3.8) is 0 Å². The standard InChI is InChI=1S/C18H20N2O.ClH/c1-15-8-10-16(11-9-15)21-13-5-4-12-20-14-19-17-6-2-3-7-18(17)20;/h2-3,6-11,14H,4-5,12-13H2,1H3;1H/p-1. The third-order valence-electron chi connectivity index (χ3n) is 3.61. The minimum absolute atomic E-state index is 0. The Labute approximate surface area is 137 Å². The first-order valence-electron chi connectivity index (χ1n) is 7.42. The van der Waals surface area contributed by atoms with E-state index in [0.717, 1.165) is 37.3 Å². The van der Waals surface area contributed by atoms with Gasteiger partial charge in [0.05, 0.1) is 24.0 Å². The summed E-state index contributed by atoms with van der Waals surface area (Å²) in [5.41, 5.74) is 3.53. The summed E-state index contributed by atoms with van der Waals surface area (Å²) in [7, 11) is 0. The molecule has 0 fully saturated rings. The van der Waals surface area contributed by atoms with Crippen LogP contribution < -0.4 is 17.1 Å². The summed E-state index contributed by atoms with van der Waals surface area (Å²) in [4.78, 5) is 4.41. The second-order valence-corrected chi connectivity index (χ2v) is 5.30. The van der Waals surface area contributed by atoms with Crippen LogP contribution in [0.2, 0.25) is 0 Å². The molecule has 1 heterocycles. The molecule has 116 valence electrons. The molecule has 3 aromatic rings. The van der Waals surface area contributed by atoms with E-state index in [2.05, 4.69) is 40.7 Å². The first-order valence-corrected chi connectivity index (χ1v) is 7.42. The summed E-state index contributed by atoms with van der Waals surface area (Å²) in [6.07, 6.45) is 4.05. The summed E-state index contributed by atoms with van der Waals surface area (Å²) < 4.78 is 7.95. The zero-order chi connectivity index (χ0) is 14.5. The summed E-state index contributed by atoms with van der Waals surface area (Å²) >= 11 is 0. The molecule has 0 atom stereocenters. The van der Waals surface area contributed by atoms with Crippen molar-refractivity contribution in [3.05, 3.63) is 60.4 Å². The molecule has 0 spiro atoms. The highest BCUT2D eigenvalue weighted by molar-refractivity contribution is 5.74. The van der Waals surface area contributed by atoms with Crippen molar-refractivity contribution < 1.29 is 17.1 Å². The predicted octanol–water partition coefficient (Wildman–Crippen LogP) is 1.21. The number of ether oxygens (including phenoxy) is 1. The Balaban J connectivity index is 0.00000176. The van der Waals surface area contributed by atoms with Crippen LogP contribution in [0.25, 0.3) is 11.0 Å². The second-order valence-electron chi connectivity index (χ2n) is 5.30. The highest BCUT2D eigenvalue weighted by Crippen LogP contribution is 2.14. The van der Waals surface area contributed by atoms with Gasteiger partial charge in [-0.2, -0.15) is 0 Å². The van der Waals surface area contributed by atoms with Gasteiger partial charge >= 0.3 is 0 Å². The highest BCUT2D eigenvalue weighted by Gasteiger charge is 2.01. The Morgan fingerprint density at radius 3 is 2.59 bits per heavy atom. The van der Waals surface area contributed by atoms with Crippen molar-refractivity contribution >= 4 is 11.0 Å². The summed E-state index contributed by atoms with van der Waals surface area (Å²) in [6.45, 7) is 3.83. The highest BCUT2D eigenvalue weighted by atomic mass is 35.5. The molecule has 3 rings (SSSR count). The molecule has 0 saturated carbocycles. The van der Waals surface area contributed by atoms with Gasteiger partial charge in [0.15, 0.2) is 0 Å². The quantitative estimate of drug-likeness (QED) is 0.639. The largest absolute Gasteiger partial charge is 1.00 e. The van der Waals surface area contributed by atoms with Crippen LogP contribution in [0, 0.1) is 6.92 Å². The number of imidazole rings is 1. The maximum Gasteiger partial charge on any atom is 0.119 e. The Morgan fingerprint density at radius 2 is 1.77 bits per heavy atom. The number of nitrogens with zero attached hydrogens (tertiary/aromatic N) is 2. The first kappa shape index (κ1) is 16.4. The van der Waals surface area contributed by atoms with Gasteiger partial charge in [0.25, 0.3) is 0 Å². The number of rotatable bonds is 6. The van der Waals surface area contributed by atoms with Gasteiger partial charge in [-0.05, 0) is 44.0 Å². The number of aryl methyl sites for hydroxylation is 2. The van der Waals surface area contributed by atoms with Gasteiger partial charge in [-0.3, -0.25) is 0 Å². The zero-order valence-electron chi connectivity index (χ0n) is 12.7. The van der Waals surface area contributed by atoms with Crippen molar-refractivity contribution in [1.29, 1.82) is 0 Å². The van der Waals surface area contributed by atoms with E-state index in [0.29, 0.717) is 0 Å². The lowest BCUT2D eigenvalue weighted by Crippen LogP contribution is -3.00. The lowest BCUT2D eigenvalue weighted by molar-refractivity contribution is -0.00000484. The first-order chi connectivity index (χ1) is 10.3. The van der Waals surface area contributed by atoms with Gasteiger partial charge in [0.2, 0.25) is 0 Å². The van der Waals surface area contributed by atoms with E-state index in [1.807, 2.05) is 30.6 Å². The molecule has 0 aliphatic rings. The molecule has 0 saturated heterocycles. The van der Waals surface area contributed by atoms with Crippen molar-refractivity contribution in [2.45, 2.75) is 26.3 Å². The fraction of sp³-hybridized carbons (Fsp3) is 0.278. The van der Waals surface area contributed by atoms with Gasteiger partial charge in [0.1, 0.15) is 5.75 Å². The van der Waals surface area contributed by atoms with Crippen LogP contribution in [0.15, 0.2) is 54.9 Å². The Kier molecular flexibility index (Phi) is 5.84. The van der Waals surface area contributed by atoms with E-state index >= 15 is 0 Å². The van der Waals surface area contributed by atoms with E-state index in [1.54, 1.807) is 0 Å². The molecule has 2 aromatic carbocycles. The van der Waals surface area contributed by atoms with Crippen LogP contribution in [-0.2, 0) is 6.54 Å². The van der Waals surface area contributed by atoms with Crippen LogP contribution in [-0.4, -0.2) is 16.2 Å². The van der Waals surface area contributed by atoms with Gasteiger partial charge in [0, 0.05) is 6.54 Å². The zero-order valence-corrected chi connectivity index (χ0v) is 13.5. The maximum absolute atomic E-state index is 5.74. The molecule has 0 radical (unpaired) electrons. The lowest BCUT2D eigenvalue weighted by atomic mass is 10.2. The molecule has 4 heteroatoms.